The van der Waals surface area contributed by atoms with Gasteiger partial charge in [0.15, 0.2) is 0 Å². The molecule has 0 amide bonds. The Morgan fingerprint density at radius 1 is 1.17 bits per heavy atom. The SMILES string of the molecule is CCCCC1CC[CH]CCCC1. The van der Waals surface area contributed by atoms with Gasteiger partial charge in [-0.15, -0.1) is 0 Å². The van der Waals surface area contributed by atoms with E-state index in [4.69, 9.17) is 0 Å². The van der Waals surface area contributed by atoms with Crippen LogP contribution in [0.4, 0.5) is 0 Å². The van der Waals surface area contributed by atoms with Gasteiger partial charge in [0.05, 0.1) is 0 Å². The second-order valence-electron chi connectivity index (χ2n) is 4.16. The number of hydrogen-bond acceptors (Lipinski definition) is 0. The first kappa shape index (κ1) is 10.1. The van der Waals surface area contributed by atoms with Crippen molar-refractivity contribution in [3.63, 3.8) is 0 Å². The quantitative estimate of drug-likeness (QED) is 0.586. The molecule has 0 aromatic heterocycles. The third-order valence-corrected chi connectivity index (χ3v) is 3.02. The Balaban J connectivity index is 2.11. The van der Waals surface area contributed by atoms with Crippen molar-refractivity contribution >= 4 is 0 Å². The maximum atomic E-state index is 2.50. The second kappa shape index (κ2) is 6.51. The average molecular weight is 167 g/mol. The minimum atomic E-state index is 1.06. The van der Waals surface area contributed by atoms with Gasteiger partial charge in [-0.05, 0) is 18.8 Å². The highest BCUT2D eigenvalue weighted by Crippen LogP contribution is 2.25. The van der Waals surface area contributed by atoms with Crippen LogP contribution in [0.3, 0.4) is 0 Å². The second-order valence-corrected chi connectivity index (χ2v) is 4.16. The van der Waals surface area contributed by atoms with Crippen LogP contribution in [-0.4, -0.2) is 0 Å². The largest absolute Gasteiger partial charge is 0.0654 e. The van der Waals surface area contributed by atoms with Gasteiger partial charge >= 0.3 is 0 Å². The molecule has 1 fully saturated rings. The monoisotopic (exact) mass is 167 g/mol. The summed E-state index contributed by atoms with van der Waals surface area (Å²) in [5, 5.41) is 0. The molecule has 1 aliphatic carbocycles. The standard InChI is InChI=1S/C12H23/c1-2-3-9-12-10-7-5-4-6-8-11-12/h5,12H,2-4,6-11H2,1H3. The van der Waals surface area contributed by atoms with E-state index < -0.39 is 0 Å². The average Bonchev–Trinajstić information content (AvgIpc) is 2.02. The summed E-state index contributed by atoms with van der Waals surface area (Å²) in [7, 11) is 0. The summed E-state index contributed by atoms with van der Waals surface area (Å²) in [6, 6.07) is 0. The summed E-state index contributed by atoms with van der Waals surface area (Å²) in [4.78, 5) is 0. The molecule has 0 spiro atoms. The summed E-state index contributed by atoms with van der Waals surface area (Å²) < 4.78 is 0. The lowest BCUT2D eigenvalue weighted by atomic mass is 9.88. The van der Waals surface area contributed by atoms with Crippen molar-refractivity contribution in [1.29, 1.82) is 0 Å². The lowest BCUT2D eigenvalue weighted by Crippen LogP contribution is -2.03. The molecule has 0 heterocycles. The van der Waals surface area contributed by atoms with E-state index in [1.807, 2.05) is 0 Å². The summed E-state index contributed by atoms with van der Waals surface area (Å²) in [5.41, 5.74) is 0. The molecule has 12 heavy (non-hydrogen) atoms. The first-order valence-electron chi connectivity index (χ1n) is 5.75. The maximum Gasteiger partial charge on any atom is -0.0386 e. The van der Waals surface area contributed by atoms with E-state index in [0.29, 0.717) is 0 Å². The molecule has 0 bridgehead atoms. The van der Waals surface area contributed by atoms with Gasteiger partial charge < -0.3 is 0 Å². The molecule has 0 aliphatic heterocycles. The van der Waals surface area contributed by atoms with Gasteiger partial charge in [-0.25, -0.2) is 0 Å². The van der Waals surface area contributed by atoms with Crippen LogP contribution in [0.25, 0.3) is 0 Å². The Morgan fingerprint density at radius 3 is 2.92 bits per heavy atom. The lowest BCUT2D eigenvalue weighted by Gasteiger charge is -2.18. The van der Waals surface area contributed by atoms with Gasteiger partial charge in [0.25, 0.3) is 0 Å². The van der Waals surface area contributed by atoms with Crippen LogP contribution in [0.1, 0.15) is 64.7 Å². The third kappa shape index (κ3) is 4.13. The lowest BCUT2D eigenvalue weighted by molar-refractivity contribution is 0.373. The molecular formula is C12H23. The molecule has 1 rings (SSSR count). The van der Waals surface area contributed by atoms with Gasteiger partial charge in [-0.1, -0.05) is 58.3 Å². The van der Waals surface area contributed by atoms with Crippen LogP contribution >= 0.6 is 0 Å². The predicted octanol–water partition coefficient (Wildman–Crippen LogP) is 4.35. The van der Waals surface area contributed by atoms with Gasteiger partial charge in [0, 0.05) is 0 Å². The molecule has 0 saturated heterocycles. The van der Waals surface area contributed by atoms with E-state index in [-0.39, 0.29) is 0 Å². The van der Waals surface area contributed by atoms with E-state index >= 15 is 0 Å². The molecule has 1 saturated carbocycles. The zero-order valence-corrected chi connectivity index (χ0v) is 8.52. The van der Waals surface area contributed by atoms with Crippen LogP contribution in [-0.2, 0) is 0 Å². The first-order valence-corrected chi connectivity index (χ1v) is 5.75. The molecule has 1 radical (unpaired) electrons. The maximum absolute atomic E-state index is 2.50. The highest BCUT2D eigenvalue weighted by molar-refractivity contribution is 4.72. The Morgan fingerprint density at radius 2 is 2.08 bits per heavy atom. The first-order chi connectivity index (χ1) is 5.93. The highest BCUT2D eigenvalue weighted by atomic mass is 14.2. The van der Waals surface area contributed by atoms with Crippen molar-refractivity contribution in [2.75, 3.05) is 0 Å². The minimum Gasteiger partial charge on any atom is -0.0654 e. The molecular weight excluding hydrogens is 144 g/mol. The molecule has 0 heteroatoms. The zero-order chi connectivity index (χ0) is 8.65. The van der Waals surface area contributed by atoms with Crippen molar-refractivity contribution in [2.24, 2.45) is 5.92 Å². The molecule has 1 atom stereocenters. The van der Waals surface area contributed by atoms with E-state index in [1.165, 1.54) is 57.8 Å². The normalized spacial score (nSPS) is 21.8. The van der Waals surface area contributed by atoms with Crippen LogP contribution in [0, 0.1) is 12.3 Å². The highest BCUT2D eigenvalue weighted by Gasteiger charge is 2.09. The summed E-state index contributed by atoms with van der Waals surface area (Å²) in [5.74, 6) is 1.06. The van der Waals surface area contributed by atoms with Gasteiger partial charge in [0.1, 0.15) is 0 Å². The fourth-order valence-corrected chi connectivity index (χ4v) is 2.15. The van der Waals surface area contributed by atoms with E-state index in [0.717, 1.165) is 5.92 Å². The Labute approximate surface area is 77.7 Å². The van der Waals surface area contributed by atoms with Crippen LogP contribution in [0.15, 0.2) is 0 Å². The van der Waals surface area contributed by atoms with Crippen molar-refractivity contribution in [3.8, 4) is 0 Å². The number of hydrogen-bond donors (Lipinski definition) is 0. The smallest absolute Gasteiger partial charge is 0.0386 e. The van der Waals surface area contributed by atoms with Crippen molar-refractivity contribution in [3.05, 3.63) is 6.42 Å². The van der Waals surface area contributed by atoms with Crippen LogP contribution in [0.5, 0.6) is 0 Å². The van der Waals surface area contributed by atoms with Gasteiger partial charge in [-0.3, -0.25) is 0 Å². The minimum absolute atomic E-state index is 1.06. The fourth-order valence-electron chi connectivity index (χ4n) is 2.15. The van der Waals surface area contributed by atoms with Crippen LogP contribution in [0.2, 0.25) is 0 Å². The number of unbranched alkanes of at least 4 members (excludes halogenated alkanes) is 1. The van der Waals surface area contributed by atoms with Crippen molar-refractivity contribution < 1.29 is 0 Å². The Bertz CT molecular complexity index is 85.5. The van der Waals surface area contributed by atoms with Crippen molar-refractivity contribution in [1.82, 2.24) is 0 Å². The predicted molar refractivity (Wildman–Crippen MR) is 55.0 cm³/mol. The molecule has 0 nitrogen and oxygen atoms in total. The van der Waals surface area contributed by atoms with E-state index in [2.05, 4.69) is 13.3 Å². The molecule has 0 N–H and O–H groups in total. The Kier molecular flexibility index (Phi) is 5.47. The molecule has 1 aliphatic rings. The molecule has 1 unspecified atom stereocenters. The summed E-state index contributed by atoms with van der Waals surface area (Å²) in [6.45, 7) is 2.30. The molecule has 71 valence electrons. The zero-order valence-electron chi connectivity index (χ0n) is 8.52. The van der Waals surface area contributed by atoms with Crippen LogP contribution < -0.4 is 0 Å². The van der Waals surface area contributed by atoms with Gasteiger partial charge in [0.2, 0.25) is 0 Å². The number of rotatable bonds is 3. The third-order valence-electron chi connectivity index (χ3n) is 3.02. The van der Waals surface area contributed by atoms with E-state index in [1.54, 1.807) is 0 Å². The fraction of sp³-hybridized carbons (Fsp3) is 0.917. The van der Waals surface area contributed by atoms with E-state index in [9.17, 15) is 0 Å². The van der Waals surface area contributed by atoms with Gasteiger partial charge in [-0.2, -0.15) is 0 Å². The van der Waals surface area contributed by atoms with Crippen molar-refractivity contribution in [2.45, 2.75) is 64.7 Å². The Hall–Kier alpha value is 0. The summed E-state index contributed by atoms with van der Waals surface area (Å²) >= 11 is 0. The topological polar surface area (TPSA) is 0 Å². The summed E-state index contributed by atoms with van der Waals surface area (Å²) in [6.07, 6.45) is 15.5. The molecule has 0 aromatic rings. The molecule has 0 aromatic carbocycles.